The van der Waals surface area contributed by atoms with Crippen molar-refractivity contribution in [1.29, 1.82) is 0 Å². The van der Waals surface area contributed by atoms with Gasteiger partial charge in [-0.05, 0) is 35.6 Å². The van der Waals surface area contributed by atoms with E-state index >= 15 is 0 Å². The molecule has 0 saturated heterocycles. The van der Waals surface area contributed by atoms with Crippen molar-refractivity contribution in [2.75, 3.05) is 11.2 Å². The van der Waals surface area contributed by atoms with E-state index in [0.29, 0.717) is 18.2 Å². The van der Waals surface area contributed by atoms with Crippen molar-refractivity contribution in [2.45, 2.75) is 65.6 Å². The van der Waals surface area contributed by atoms with Gasteiger partial charge in [-0.2, -0.15) is 0 Å². The average molecular weight is 347 g/mol. The second-order valence-corrected chi connectivity index (χ2v) is 13.3. The van der Waals surface area contributed by atoms with E-state index in [9.17, 15) is 4.79 Å². The van der Waals surface area contributed by atoms with Gasteiger partial charge in [0.2, 0.25) is 0 Å². The summed E-state index contributed by atoms with van der Waals surface area (Å²) in [6, 6.07) is 6.31. The summed E-state index contributed by atoms with van der Waals surface area (Å²) < 4.78 is 2.02. The van der Waals surface area contributed by atoms with Gasteiger partial charge in [0.15, 0.2) is 13.9 Å². The van der Waals surface area contributed by atoms with Gasteiger partial charge < -0.3 is 9.40 Å². The highest BCUT2D eigenvalue weighted by atomic mass is 28.3. The first-order valence-corrected chi connectivity index (χ1v) is 11.7. The Morgan fingerprint density at radius 3 is 2.38 bits per heavy atom. The summed E-state index contributed by atoms with van der Waals surface area (Å²) in [5, 5.41) is 4.21. The highest BCUT2D eigenvalue weighted by Gasteiger charge is 2.49. The summed E-state index contributed by atoms with van der Waals surface area (Å²) in [4.78, 5) is 18.4. The Hall–Kier alpha value is -1.62. The van der Waals surface area contributed by atoms with Gasteiger partial charge in [0.05, 0.1) is 0 Å². The quantitative estimate of drug-likeness (QED) is 0.574. The number of rotatable bonds is 4. The van der Waals surface area contributed by atoms with Crippen LogP contribution in [-0.2, 0) is 9.63 Å². The molecule has 1 aliphatic rings. The van der Waals surface area contributed by atoms with Gasteiger partial charge in [0, 0.05) is 11.3 Å². The van der Waals surface area contributed by atoms with E-state index in [2.05, 4.69) is 71.1 Å². The number of fused-ring (bicyclic) bond motifs is 1. The van der Waals surface area contributed by atoms with E-state index in [4.69, 9.17) is 4.84 Å². The van der Waals surface area contributed by atoms with Gasteiger partial charge in [-0.15, -0.1) is 0 Å². The smallest absolute Gasteiger partial charge is 0.273 e. The molecule has 1 aromatic rings. The Morgan fingerprint density at radius 2 is 1.88 bits per heavy atom. The normalized spacial score (nSPS) is 17.0. The van der Waals surface area contributed by atoms with Crippen molar-refractivity contribution >= 4 is 25.5 Å². The molecule has 0 unspecified atom stereocenters. The van der Waals surface area contributed by atoms with Crippen molar-refractivity contribution in [3.8, 4) is 0 Å². The predicted molar refractivity (Wildman–Crippen MR) is 103 cm³/mol. The third-order valence-electron chi connectivity index (χ3n) is 5.27. The molecule has 1 aromatic carbocycles. The highest BCUT2D eigenvalue weighted by Crippen LogP contribution is 2.44. The molecule has 0 bridgehead atoms. The van der Waals surface area contributed by atoms with Gasteiger partial charge >= 0.3 is 0 Å². The first kappa shape index (κ1) is 18.7. The van der Waals surface area contributed by atoms with E-state index in [1.165, 1.54) is 5.56 Å². The van der Waals surface area contributed by atoms with Gasteiger partial charge in [0.25, 0.3) is 5.91 Å². The fourth-order valence-corrected chi connectivity index (χ4v) is 4.82. The largest absolute Gasteiger partial charge is 0.395 e. The number of carbonyl (C=O) groups is 1. The lowest BCUT2D eigenvalue weighted by Gasteiger charge is -2.43. The van der Waals surface area contributed by atoms with Gasteiger partial charge in [-0.3, -0.25) is 4.79 Å². The van der Waals surface area contributed by atoms with Crippen LogP contribution in [0.3, 0.4) is 0 Å². The van der Waals surface area contributed by atoms with Gasteiger partial charge in [0.1, 0.15) is 6.61 Å². The van der Waals surface area contributed by atoms with Crippen LogP contribution in [0, 0.1) is 0 Å². The Bertz CT molecular complexity index is 672. The van der Waals surface area contributed by atoms with Crippen LogP contribution in [0.5, 0.6) is 0 Å². The van der Waals surface area contributed by atoms with Crippen LogP contribution in [0.1, 0.15) is 58.6 Å². The number of hydrogen-bond donors (Lipinski definition) is 0. The van der Waals surface area contributed by atoms with Crippen LogP contribution in [0.2, 0.25) is 18.1 Å². The lowest BCUT2D eigenvalue weighted by Crippen LogP contribution is -2.57. The third-order valence-corrected chi connectivity index (χ3v) is 10.5. The molecule has 0 N–H and O–H groups in total. The Labute approximate surface area is 147 Å². The van der Waals surface area contributed by atoms with E-state index in [-0.39, 0.29) is 10.9 Å². The molecule has 1 heterocycles. The molecule has 0 aromatic heterocycles. The fraction of sp³-hybridized carbons (Fsp3) is 0.579. The van der Waals surface area contributed by atoms with Gasteiger partial charge in [-0.25, -0.2) is 0 Å². The van der Waals surface area contributed by atoms with E-state index in [1.807, 2.05) is 11.5 Å². The second-order valence-electron chi connectivity index (χ2n) is 8.24. The number of carbonyl (C=O) groups excluding carboxylic acids is 1. The molecular formula is C19H30N2O2Si. The first-order valence-electron chi connectivity index (χ1n) is 8.71. The number of amides is 1. The maximum atomic E-state index is 13.2. The average Bonchev–Trinajstić information content (AvgIpc) is 2.75. The topological polar surface area (TPSA) is 41.9 Å². The van der Waals surface area contributed by atoms with Crippen molar-refractivity contribution in [3.05, 3.63) is 29.3 Å². The van der Waals surface area contributed by atoms with E-state index in [1.54, 1.807) is 0 Å². The summed E-state index contributed by atoms with van der Waals surface area (Å²) in [5.74, 6) is 0.381. The lowest BCUT2D eigenvalue weighted by atomic mass is 9.99. The van der Waals surface area contributed by atoms with Crippen LogP contribution in [-0.4, -0.2) is 26.5 Å². The number of nitrogens with zero attached hydrogens (tertiary/aromatic N) is 2. The molecule has 4 nitrogen and oxygen atoms in total. The molecule has 5 heteroatoms. The molecule has 0 atom stereocenters. The molecule has 0 fully saturated rings. The molecule has 0 radical (unpaired) electrons. The summed E-state index contributed by atoms with van der Waals surface area (Å²) in [7, 11) is -2.06. The van der Waals surface area contributed by atoms with Crippen LogP contribution in [0.4, 0.5) is 5.69 Å². The SMILES string of the molecule is CCO/N=C1\C(=O)N([Si](C)(C)C(C)(C)C)c2ccc(C(C)C)cc21. The minimum atomic E-state index is -2.06. The molecule has 2 rings (SSSR count). The molecule has 1 aliphatic heterocycles. The fourth-order valence-electron chi connectivity index (χ4n) is 2.74. The maximum absolute atomic E-state index is 13.2. The number of oxime groups is 1. The third kappa shape index (κ3) is 3.01. The first-order chi connectivity index (χ1) is 11.0. The summed E-state index contributed by atoms with van der Waals surface area (Å²) in [6.45, 7) is 17.8. The molecule has 132 valence electrons. The molecule has 1 amide bonds. The number of benzene rings is 1. The zero-order valence-electron chi connectivity index (χ0n) is 16.2. The van der Waals surface area contributed by atoms with Crippen LogP contribution >= 0.6 is 0 Å². The number of anilines is 1. The molecular weight excluding hydrogens is 316 g/mol. The lowest BCUT2D eigenvalue weighted by molar-refractivity contribution is -0.111. The second kappa shape index (κ2) is 6.35. The minimum Gasteiger partial charge on any atom is -0.395 e. The summed E-state index contributed by atoms with van der Waals surface area (Å²) in [6.07, 6.45) is 0. The molecule has 0 spiro atoms. The molecule has 0 aliphatic carbocycles. The van der Waals surface area contributed by atoms with Crippen LogP contribution < -0.4 is 4.57 Å². The van der Waals surface area contributed by atoms with E-state index < -0.39 is 8.24 Å². The maximum Gasteiger partial charge on any atom is 0.273 e. The zero-order chi connectivity index (χ0) is 18.3. The minimum absolute atomic E-state index is 0.0223. The monoisotopic (exact) mass is 346 g/mol. The van der Waals surface area contributed by atoms with Gasteiger partial charge in [-0.1, -0.05) is 58.9 Å². The Kier molecular flexibility index (Phi) is 4.95. The van der Waals surface area contributed by atoms with Crippen molar-refractivity contribution in [1.82, 2.24) is 0 Å². The van der Waals surface area contributed by atoms with Crippen molar-refractivity contribution in [3.63, 3.8) is 0 Å². The standard InChI is InChI=1S/C19H30N2O2Si/c1-9-23-20-17-15-12-14(13(2)3)10-11-16(15)21(18(17)22)24(7,8)19(4,5)6/h10-13H,9H2,1-8H3/b20-17-. The summed E-state index contributed by atoms with van der Waals surface area (Å²) >= 11 is 0. The Balaban J connectivity index is 2.65. The highest BCUT2D eigenvalue weighted by molar-refractivity contribution is 6.90. The van der Waals surface area contributed by atoms with E-state index in [0.717, 1.165) is 11.3 Å². The predicted octanol–water partition coefficient (Wildman–Crippen LogP) is 4.90. The summed E-state index contributed by atoms with van der Waals surface area (Å²) in [5.41, 5.74) is 3.54. The van der Waals surface area contributed by atoms with Crippen molar-refractivity contribution < 1.29 is 9.63 Å². The molecule has 0 saturated carbocycles. The van der Waals surface area contributed by atoms with Crippen LogP contribution in [0.25, 0.3) is 0 Å². The zero-order valence-corrected chi connectivity index (χ0v) is 17.2. The van der Waals surface area contributed by atoms with Crippen molar-refractivity contribution in [2.24, 2.45) is 5.16 Å². The number of hydrogen-bond acceptors (Lipinski definition) is 3. The molecule has 24 heavy (non-hydrogen) atoms. The van der Waals surface area contributed by atoms with Crippen LogP contribution in [0.15, 0.2) is 23.4 Å². The Morgan fingerprint density at radius 1 is 1.25 bits per heavy atom.